The Labute approximate surface area is 111 Å². The highest BCUT2D eigenvalue weighted by Crippen LogP contribution is 2.49. The molecule has 2 unspecified atom stereocenters. The van der Waals surface area contributed by atoms with Crippen molar-refractivity contribution in [1.82, 2.24) is 9.80 Å². The van der Waals surface area contributed by atoms with Crippen molar-refractivity contribution in [3.63, 3.8) is 0 Å². The van der Waals surface area contributed by atoms with Gasteiger partial charge in [0.25, 0.3) is 0 Å². The molecule has 3 fully saturated rings. The van der Waals surface area contributed by atoms with Crippen LogP contribution in [0, 0.1) is 5.41 Å². The van der Waals surface area contributed by atoms with Crippen LogP contribution in [0.25, 0.3) is 0 Å². The molecule has 2 saturated heterocycles. The molecule has 2 heterocycles. The zero-order valence-corrected chi connectivity index (χ0v) is 12.2. The minimum Gasteiger partial charge on any atom is -0.334 e. The van der Waals surface area contributed by atoms with Gasteiger partial charge in [0.15, 0.2) is 0 Å². The summed E-state index contributed by atoms with van der Waals surface area (Å²) < 4.78 is 0. The second kappa shape index (κ2) is 3.72. The molecule has 0 spiro atoms. The van der Waals surface area contributed by atoms with Crippen LogP contribution in [0.15, 0.2) is 0 Å². The molecule has 0 radical (unpaired) electrons. The smallest absolute Gasteiger partial charge is 0.229 e. The van der Waals surface area contributed by atoms with E-state index in [0.29, 0.717) is 18.0 Å². The summed E-state index contributed by atoms with van der Waals surface area (Å²) in [5.41, 5.74) is 0.240. The molecule has 1 amide bonds. The first-order valence-corrected chi connectivity index (χ1v) is 7.39. The number of carbonyl (C=O) groups excluding carboxylic acids is 1. The zero-order chi connectivity index (χ0) is 13.1. The van der Waals surface area contributed by atoms with Crippen LogP contribution < -0.4 is 0 Å². The number of hydrogen-bond donors (Lipinski definition) is 0. The molecule has 18 heavy (non-hydrogen) atoms. The van der Waals surface area contributed by atoms with Gasteiger partial charge in [-0.05, 0) is 46.5 Å². The van der Waals surface area contributed by atoms with Gasteiger partial charge >= 0.3 is 0 Å². The summed E-state index contributed by atoms with van der Waals surface area (Å²) in [5, 5.41) is 0. The standard InChI is InChI=1S/C15H26N2O/c1-14(2,3)16-9-11-5-6-12(10-16)17(11)13(18)15(4)7-8-15/h11-12H,5-10H2,1-4H3. The average Bonchev–Trinajstić information content (AvgIpc) is 2.97. The molecular weight excluding hydrogens is 224 g/mol. The second-order valence-electron chi connectivity index (χ2n) is 7.73. The lowest BCUT2D eigenvalue weighted by molar-refractivity contribution is -0.143. The largest absolute Gasteiger partial charge is 0.334 e. The van der Waals surface area contributed by atoms with Crippen LogP contribution in [-0.4, -0.2) is 46.4 Å². The monoisotopic (exact) mass is 250 g/mol. The Morgan fingerprint density at radius 1 is 1.11 bits per heavy atom. The summed E-state index contributed by atoms with van der Waals surface area (Å²) in [6.45, 7) is 11.1. The highest BCUT2D eigenvalue weighted by Gasteiger charge is 2.53. The van der Waals surface area contributed by atoms with Gasteiger partial charge in [-0.15, -0.1) is 0 Å². The number of likely N-dealkylation sites (tertiary alicyclic amines) is 1. The lowest BCUT2D eigenvalue weighted by atomic mass is 10.00. The molecule has 3 aliphatic rings. The minimum atomic E-state index is 0.00470. The molecular formula is C15H26N2O. The van der Waals surface area contributed by atoms with Crippen LogP contribution in [0.3, 0.4) is 0 Å². The van der Waals surface area contributed by atoms with E-state index in [1.165, 1.54) is 12.8 Å². The summed E-state index contributed by atoms with van der Waals surface area (Å²) in [6, 6.07) is 0.959. The van der Waals surface area contributed by atoms with Gasteiger partial charge in [-0.25, -0.2) is 0 Å². The van der Waals surface area contributed by atoms with Crippen LogP contribution in [0.4, 0.5) is 0 Å². The number of fused-ring (bicyclic) bond motifs is 2. The number of amides is 1. The average molecular weight is 250 g/mol. The van der Waals surface area contributed by atoms with Gasteiger partial charge in [0, 0.05) is 36.1 Å². The van der Waals surface area contributed by atoms with Crippen LogP contribution in [0.1, 0.15) is 53.4 Å². The highest BCUT2D eigenvalue weighted by atomic mass is 16.2. The molecule has 0 N–H and O–H groups in total. The molecule has 2 bridgehead atoms. The van der Waals surface area contributed by atoms with Crippen LogP contribution in [-0.2, 0) is 4.79 Å². The summed E-state index contributed by atoms with van der Waals surface area (Å²) in [4.78, 5) is 17.4. The Kier molecular flexibility index (Phi) is 2.58. The molecule has 3 heteroatoms. The van der Waals surface area contributed by atoms with Crippen molar-refractivity contribution in [3.8, 4) is 0 Å². The van der Waals surface area contributed by atoms with Gasteiger partial charge in [-0.3, -0.25) is 9.69 Å². The van der Waals surface area contributed by atoms with Crippen molar-refractivity contribution < 1.29 is 4.79 Å². The third-order valence-corrected chi connectivity index (χ3v) is 5.18. The summed E-state index contributed by atoms with van der Waals surface area (Å²) in [5.74, 6) is 0.448. The van der Waals surface area contributed by atoms with Crippen molar-refractivity contribution in [2.45, 2.75) is 71.0 Å². The normalized spacial score (nSPS) is 34.8. The quantitative estimate of drug-likeness (QED) is 0.712. The van der Waals surface area contributed by atoms with Crippen molar-refractivity contribution >= 4 is 5.91 Å². The predicted molar refractivity (Wildman–Crippen MR) is 72.3 cm³/mol. The molecule has 1 aliphatic carbocycles. The number of rotatable bonds is 1. The summed E-state index contributed by atoms with van der Waals surface area (Å²) >= 11 is 0. The Hall–Kier alpha value is -0.570. The SMILES string of the molecule is CC1(C(=O)N2C3CCC2CN(C(C)(C)C)C3)CC1. The fourth-order valence-corrected chi connectivity index (χ4v) is 3.50. The van der Waals surface area contributed by atoms with E-state index < -0.39 is 0 Å². The van der Waals surface area contributed by atoms with Gasteiger partial charge in [-0.1, -0.05) is 6.92 Å². The lowest BCUT2D eigenvalue weighted by Gasteiger charge is -2.47. The van der Waals surface area contributed by atoms with Crippen LogP contribution in [0.5, 0.6) is 0 Å². The molecule has 0 aromatic carbocycles. The van der Waals surface area contributed by atoms with Gasteiger partial charge in [-0.2, -0.15) is 0 Å². The maximum Gasteiger partial charge on any atom is 0.229 e. The van der Waals surface area contributed by atoms with Crippen molar-refractivity contribution in [2.75, 3.05) is 13.1 Å². The van der Waals surface area contributed by atoms with Gasteiger partial charge in [0.2, 0.25) is 5.91 Å². The number of hydrogen-bond acceptors (Lipinski definition) is 2. The first-order valence-electron chi connectivity index (χ1n) is 7.39. The van der Waals surface area contributed by atoms with E-state index in [-0.39, 0.29) is 11.0 Å². The first-order chi connectivity index (χ1) is 8.31. The van der Waals surface area contributed by atoms with E-state index in [1.54, 1.807) is 0 Å². The van der Waals surface area contributed by atoms with Gasteiger partial charge in [0.05, 0.1) is 0 Å². The third-order valence-electron chi connectivity index (χ3n) is 5.18. The maximum absolute atomic E-state index is 12.6. The molecule has 102 valence electrons. The summed E-state index contributed by atoms with van der Waals surface area (Å²) in [6.07, 6.45) is 4.62. The van der Waals surface area contributed by atoms with E-state index in [2.05, 4.69) is 37.5 Å². The predicted octanol–water partition coefficient (Wildman–Crippen LogP) is 2.26. The van der Waals surface area contributed by atoms with Gasteiger partial charge in [0.1, 0.15) is 0 Å². The fourth-order valence-electron chi connectivity index (χ4n) is 3.50. The van der Waals surface area contributed by atoms with E-state index in [0.717, 1.165) is 25.9 Å². The van der Waals surface area contributed by atoms with E-state index in [4.69, 9.17) is 0 Å². The van der Waals surface area contributed by atoms with E-state index in [9.17, 15) is 4.79 Å². The molecule has 1 saturated carbocycles. The lowest BCUT2D eigenvalue weighted by Crippen LogP contribution is -2.61. The summed E-state index contributed by atoms with van der Waals surface area (Å²) in [7, 11) is 0. The second-order valence-corrected chi connectivity index (χ2v) is 7.73. The fraction of sp³-hybridized carbons (Fsp3) is 0.933. The maximum atomic E-state index is 12.6. The van der Waals surface area contributed by atoms with Gasteiger partial charge < -0.3 is 4.90 Å². The first kappa shape index (κ1) is 12.5. The van der Waals surface area contributed by atoms with E-state index in [1.807, 2.05) is 0 Å². The highest BCUT2D eigenvalue weighted by molar-refractivity contribution is 5.85. The third kappa shape index (κ3) is 1.87. The molecule has 3 nitrogen and oxygen atoms in total. The Morgan fingerprint density at radius 2 is 1.61 bits per heavy atom. The Balaban J connectivity index is 1.76. The molecule has 0 aromatic rings. The molecule has 0 aromatic heterocycles. The molecule has 2 aliphatic heterocycles. The van der Waals surface area contributed by atoms with Crippen LogP contribution >= 0.6 is 0 Å². The van der Waals surface area contributed by atoms with Crippen molar-refractivity contribution in [3.05, 3.63) is 0 Å². The van der Waals surface area contributed by atoms with Crippen LogP contribution in [0.2, 0.25) is 0 Å². The topological polar surface area (TPSA) is 23.6 Å². The van der Waals surface area contributed by atoms with Crippen molar-refractivity contribution in [1.29, 1.82) is 0 Å². The Bertz CT molecular complexity index is 353. The zero-order valence-electron chi connectivity index (χ0n) is 12.2. The molecule has 2 atom stereocenters. The number of piperazine rings is 1. The van der Waals surface area contributed by atoms with E-state index >= 15 is 0 Å². The minimum absolute atomic E-state index is 0.00470. The number of nitrogens with zero attached hydrogens (tertiary/aromatic N) is 2. The molecule has 3 rings (SSSR count). The van der Waals surface area contributed by atoms with Crippen molar-refractivity contribution in [2.24, 2.45) is 5.41 Å². The Morgan fingerprint density at radius 3 is 2.00 bits per heavy atom. The number of carbonyl (C=O) groups is 1.